The zero-order valence-corrected chi connectivity index (χ0v) is 11.1. The van der Waals surface area contributed by atoms with Gasteiger partial charge in [-0.05, 0) is 13.8 Å². The van der Waals surface area contributed by atoms with Gasteiger partial charge in [-0.2, -0.15) is 0 Å². The van der Waals surface area contributed by atoms with Gasteiger partial charge >= 0.3 is 5.69 Å². The molecule has 17 heavy (non-hydrogen) atoms. The number of hydrogen-bond acceptors (Lipinski definition) is 3. The molecule has 2 rings (SSSR count). The average Bonchev–Trinajstić information content (AvgIpc) is 2.40. The molecule has 1 aromatic heterocycles. The van der Waals surface area contributed by atoms with E-state index in [0.717, 1.165) is 4.57 Å². The highest BCUT2D eigenvalue weighted by molar-refractivity contribution is 5.40. The Kier molecular flexibility index (Phi) is 2.13. The molecule has 0 aliphatic carbocycles. The summed E-state index contributed by atoms with van der Waals surface area (Å²) in [5, 5.41) is 0. The molecule has 2 heterocycles. The Morgan fingerprint density at radius 2 is 1.53 bits per heavy atom. The lowest BCUT2D eigenvalue weighted by Crippen LogP contribution is -2.45. The number of nitrogens with zero attached hydrogens (tertiary/aromatic N) is 2. The molecule has 1 aromatic rings. The maximum atomic E-state index is 12.2. The van der Waals surface area contributed by atoms with Crippen LogP contribution in [0.1, 0.15) is 33.3 Å². The molecule has 0 amide bonds. The van der Waals surface area contributed by atoms with E-state index in [4.69, 9.17) is 4.74 Å². The first-order valence-corrected chi connectivity index (χ1v) is 5.61. The number of aromatic nitrogens is 2. The van der Waals surface area contributed by atoms with Gasteiger partial charge in [-0.3, -0.25) is 13.9 Å². The molecule has 94 valence electrons. The Morgan fingerprint density at radius 3 is 2.06 bits per heavy atom. The van der Waals surface area contributed by atoms with Crippen molar-refractivity contribution in [1.29, 1.82) is 0 Å². The van der Waals surface area contributed by atoms with E-state index in [1.54, 1.807) is 7.05 Å². The highest BCUT2D eigenvalue weighted by Gasteiger charge is 2.51. The number of fused-ring (bicyclic) bond motifs is 1. The lowest BCUT2D eigenvalue weighted by molar-refractivity contribution is 0.0646. The summed E-state index contributed by atoms with van der Waals surface area (Å²) in [7, 11) is 3.12. The Bertz CT molecular complexity index is 605. The summed E-state index contributed by atoms with van der Waals surface area (Å²) < 4.78 is 8.33. The molecule has 1 aliphatic rings. The summed E-state index contributed by atoms with van der Waals surface area (Å²) in [6.07, 6.45) is 0. The van der Waals surface area contributed by atoms with Gasteiger partial charge in [0, 0.05) is 19.5 Å². The van der Waals surface area contributed by atoms with Crippen LogP contribution >= 0.6 is 0 Å². The SMILES string of the molecule is Cn1c2c(c(=O)n(C)c1=O)C(C)(C)C(C)(C)O2. The zero-order valence-electron chi connectivity index (χ0n) is 11.1. The maximum absolute atomic E-state index is 12.2. The lowest BCUT2D eigenvalue weighted by Gasteiger charge is -2.32. The molecule has 5 heteroatoms. The van der Waals surface area contributed by atoms with Gasteiger partial charge in [0.1, 0.15) is 5.60 Å². The van der Waals surface area contributed by atoms with Crippen LogP contribution in [0.25, 0.3) is 0 Å². The Balaban J connectivity index is 2.96. The molecule has 0 saturated heterocycles. The van der Waals surface area contributed by atoms with Crippen molar-refractivity contribution in [1.82, 2.24) is 9.13 Å². The minimum Gasteiger partial charge on any atom is -0.471 e. The Morgan fingerprint density at radius 1 is 1.00 bits per heavy atom. The van der Waals surface area contributed by atoms with Crippen LogP contribution in [0.2, 0.25) is 0 Å². The van der Waals surface area contributed by atoms with Gasteiger partial charge < -0.3 is 4.74 Å². The van der Waals surface area contributed by atoms with Gasteiger partial charge in [-0.1, -0.05) is 13.8 Å². The van der Waals surface area contributed by atoms with Crippen LogP contribution in [0.5, 0.6) is 5.88 Å². The number of hydrogen-bond donors (Lipinski definition) is 0. The standard InChI is InChI=1S/C12H18N2O3/c1-11(2)7-8(15)13(5)10(16)14(6)9(7)17-12(11,3)4/h1-6H3. The fraction of sp³-hybridized carbons (Fsp3) is 0.667. The van der Waals surface area contributed by atoms with Crippen molar-refractivity contribution in [3.05, 3.63) is 26.4 Å². The fourth-order valence-corrected chi connectivity index (χ4v) is 2.15. The maximum Gasteiger partial charge on any atom is 0.333 e. The van der Waals surface area contributed by atoms with E-state index < -0.39 is 11.0 Å². The van der Waals surface area contributed by atoms with Gasteiger partial charge in [-0.25, -0.2) is 4.79 Å². The van der Waals surface area contributed by atoms with E-state index in [1.807, 2.05) is 27.7 Å². The van der Waals surface area contributed by atoms with Crippen LogP contribution in [-0.4, -0.2) is 14.7 Å². The van der Waals surface area contributed by atoms with Crippen LogP contribution in [0.15, 0.2) is 9.59 Å². The largest absolute Gasteiger partial charge is 0.471 e. The highest BCUT2D eigenvalue weighted by Crippen LogP contribution is 2.46. The van der Waals surface area contributed by atoms with E-state index >= 15 is 0 Å². The Labute approximate surface area is 99.6 Å². The van der Waals surface area contributed by atoms with Gasteiger partial charge in [0.2, 0.25) is 5.88 Å². The van der Waals surface area contributed by atoms with Crippen molar-refractivity contribution in [2.45, 2.75) is 38.7 Å². The molecular weight excluding hydrogens is 220 g/mol. The van der Waals surface area contributed by atoms with Crippen LogP contribution < -0.4 is 16.0 Å². The summed E-state index contributed by atoms with van der Waals surface area (Å²) in [6.45, 7) is 7.78. The van der Waals surface area contributed by atoms with E-state index in [2.05, 4.69) is 0 Å². The van der Waals surface area contributed by atoms with E-state index in [9.17, 15) is 9.59 Å². The molecule has 0 spiro atoms. The molecule has 0 saturated carbocycles. The van der Waals surface area contributed by atoms with Gasteiger partial charge in [0.05, 0.1) is 5.56 Å². The number of rotatable bonds is 0. The first-order valence-electron chi connectivity index (χ1n) is 5.61. The minimum absolute atomic E-state index is 0.265. The first-order chi connectivity index (χ1) is 7.61. The van der Waals surface area contributed by atoms with Crippen molar-refractivity contribution >= 4 is 0 Å². The van der Waals surface area contributed by atoms with Crippen molar-refractivity contribution in [2.24, 2.45) is 14.1 Å². The summed E-state index contributed by atoms with van der Waals surface area (Å²) in [5.41, 5.74) is -0.983. The smallest absolute Gasteiger partial charge is 0.333 e. The average molecular weight is 238 g/mol. The topological polar surface area (TPSA) is 53.2 Å². The van der Waals surface area contributed by atoms with Gasteiger partial charge in [0.25, 0.3) is 5.56 Å². The molecule has 5 nitrogen and oxygen atoms in total. The molecule has 0 atom stereocenters. The van der Waals surface area contributed by atoms with E-state index in [0.29, 0.717) is 11.4 Å². The fourth-order valence-electron chi connectivity index (χ4n) is 2.15. The van der Waals surface area contributed by atoms with Crippen LogP contribution in [0.3, 0.4) is 0 Å². The molecular formula is C12H18N2O3. The van der Waals surface area contributed by atoms with Crippen molar-refractivity contribution in [3.63, 3.8) is 0 Å². The van der Waals surface area contributed by atoms with Crippen LogP contribution in [0.4, 0.5) is 0 Å². The molecule has 0 aromatic carbocycles. The zero-order chi connectivity index (χ0) is 13.2. The Hall–Kier alpha value is -1.52. The lowest BCUT2D eigenvalue weighted by atomic mass is 9.74. The molecule has 1 aliphatic heterocycles. The van der Waals surface area contributed by atoms with Crippen molar-refractivity contribution in [2.75, 3.05) is 0 Å². The summed E-state index contributed by atoms with van der Waals surface area (Å²) >= 11 is 0. The van der Waals surface area contributed by atoms with E-state index in [-0.39, 0.29) is 11.2 Å². The third-order valence-corrected chi connectivity index (χ3v) is 4.09. The third kappa shape index (κ3) is 1.25. The summed E-state index contributed by atoms with van der Waals surface area (Å²) in [4.78, 5) is 24.0. The third-order valence-electron chi connectivity index (χ3n) is 4.09. The summed E-state index contributed by atoms with van der Waals surface area (Å²) in [6, 6.07) is 0. The molecule has 0 N–H and O–H groups in total. The second-order valence-corrected chi connectivity index (χ2v) is 5.62. The second-order valence-electron chi connectivity index (χ2n) is 5.62. The predicted molar refractivity (Wildman–Crippen MR) is 64.7 cm³/mol. The normalized spacial score (nSPS) is 19.9. The van der Waals surface area contributed by atoms with Crippen molar-refractivity contribution in [3.8, 4) is 5.88 Å². The second kappa shape index (κ2) is 3.03. The minimum atomic E-state index is -0.507. The first kappa shape index (κ1) is 12.0. The van der Waals surface area contributed by atoms with Crippen LogP contribution in [0, 0.1) is 0 Å². The van der Waals surface area contributed by atoms with Crippen LogP contribution in [-0.2, 0) is 19.5 Å². The molecule has 0 radical (unpaired) electrons. The van der Waals surface area contributed by atoms with Gasteiger partial charge in [-0.15, -0.1) is 0 Å². The highest BCUT2D eigenvalue weighted by atomic mass is 16.5. The quantitative estimate of drug-likeness (QED) is 0.662. The predicted octanol–water partition coefficient (Wildman–Crippen LogP) is 0.533. The van der Waals surface area contributed by atoms with Gasteiger partial charge in [0.15, 0.2) is 0 Å². The number of ether oxygens (including phenoxy) is 1. The molecule has 0 bridgehead atoms. The van der Waals surface area contributed by atoms with E-state index in [1.165, 1.54) is 11.6 Å². The summed E-state index contributed by atoms with van der Waals surface area (Å²) in [5.74, 6) is 0.396. The monoisotopic (exact) mass is 238 g/mol. The van der Waals surface area contributed by atoms with Crippen molar-refractivity contribution < 1.29 is 4.74 Å². The molecule has 0 unspecified atom stereocenters. The molecule has 0 fully saturated rings.